The van der Waals surface area contributed by atoms with Crippen LogP contribution in [0.5, 0.6) is 5.75 Å². The van der Waals surface area contributed by atoms with E-state index in [0.29, 0.717) is 17.0 Å². The summed E-state index contributed by atoms with van der Waals surface area (Å²) in [7, 11) is 0. The number of nitrogens with one attached hydrogen (secondary N) is 2. The summed E-state index contributed by atoms with van der Waals surface area (Å²) in [5, 5.41) is 21.1. The average Bonchev–Trinajstić information content (AvgIpc) is 3.00. The highest BCUT2D eigenvalue weighted by Crippen LogP contribution is 2.12. The number of amides is 1. The molecule has 2 aromatic rings. The van der Waals surface area contributed by atoms with Gasteiger partial charge in [-0.25, -0.2) is 0 Å². The zero-order chi connectivity index (χ0) is 15.9. The molecular formula is C16H17N3O3. The SMILES string of the molecule is Cc1cccc(OCC(O)CNC(=O)c2c[nH]c(C#N)c2)c1. The van der Waals surface area contributed by atoms with Crippen LogP contribution in [0.25, 0.3) is 0 Å². The van der Waals surface area contributed by atoms with Crippen molar-refractivity contribution in [3.63, 3.8) is 0 Å². The lowest BCUT2D eigenvalue weighted by molar-refractivity contribution is 0.0844. The molecule has 0 aliphatic rings. The molecule has 0 fully saturated rings. The van der Waals surface area contributed by atoms with Gasteiger partial charge in [-0.3, -0.25) is 4.79 Å². The van der Waals surface area contributed by atoms with Crippen molar-refractivity contribution in [3.05, 3.63) is 53.3 Å². The molecule has 2 rings (SSSR count). The van der Waals surface area contributed by atoms with Gasteiger partial charge in [0.25, 0.3) is 5.91 Å². The standard InChI is InChI=1S/C16H17N3O3/c1-11-3-2-4-15(5-11)22-10-14(20)9-19-16(21)12-6-13(7-17)18-8-12/h2-6,8,14,18,20H,9-10H2,1H3,(H,19,21). The fraction of sp³-hybridized carbons (Fsp3) is 0.250. The van der Waals surface area contributed by atoms with Crippen LogP contribution in [-0.4, -0.2) is 35.3 Å². The highest BCUT2D eigenvalue weighted by molar-refractivity contribution is 5.94. The number of aliphatic hydroxyl groups is 1. The molecule has 6 heteroatoms. The highest BCUT2D eigenvalue weighted by atomic mass is 16.5. The van der Waals surface area contributed by atoms with Crippen LogP contribution >= 0.6 is 0 Å². The summed E-state index contributed by atoms with van der Waals surface area (Å²) in [6, 6.07) is 10.9. The van der Waals surface area contributed by atoms with Crippen LogP contribution in [0.2, 0.25) is 0 Å². The molecule has 0 aliphatic heterocycles. The van der Waals surface area contributed by atoms with Crippen molar-refractivity contribution in [1.29, 1.82) is 5.26 Å². The third kappa shape index (κ3) is 4.36. The van der Waals surface area contributed by atoms with Gasteiger partial charge in [0.2, 0.25) is 0 Å². The Balaban J connectivity index is 1.76. The maximum atomic E-state index is 11.8. The maximum Gasteiger partial charge on any atom is 0.252 e. The van der Waals surface area contributed by atoms with E-state index >= 15 is 0 Å². The molecule has 0 radical (unpaired) electrons. The minimum absolute atomic E-state index is 0.0672. The van der Waals surface area contributed by atoms with Gasteiger partial charge in [-0.1, -0.05) is 12.1 Å². The second kappa shape index (κ2) is 7.29. The van der Waals surface area contributed by atoms with E-state index in [-0.39, 0.29) is 19.1 Å². The van der Waals surface area contributed by atoms with Crippen molar-refractivity contribution in [2.24, 2.45) is 0 Å². The zero-order valence-electron chi connectivity index (χ0n) is 12.2. The van der Waals surface area contributed by atoms with Crippen molar-refractivity contribution in [3.8, 4) is 11.8 Å². The third-order valence-electron chi connectivity index (χ3n) is 3.00. The van der Waals surface area contributed by atoms with E-state index in [9.17, 15) is 9.90 Å². The van der Waals surface area contributed by atoms with E-state index in [1.54, 1.807) is 0 Å². The van der Waals surface area contributed by atoms with Crippen molar-refractivity contribution in [2.45, 2.75) is 13.0 Å². The predicted molar refractivity (Wildman–Crippen MR) is 80.5 cm³/mol. The molecule has 6 nitrogen and oxygen atoms in total. The smallest absolute Gasteiger partial charge is 0.252 e. The molecule has 1 unspecified atom stereocenters. The van der Waals surface area contributed by atoms with Gasteiger partial charge in [0, 0.05) is 12.7 Å². The number of nitriles is 1. The largest absolute Gasteiger partial charge is 0.491 e. The van der Waals surface area contributed by atoms with Gasteiger partial charge in [0.05, 0.1) is 5.56 Å². The van der Waals surface area contributed by atoms with Crippen LogP contribution in [0.3, 0.4) is 0 Å². The van der Waals surface area contributed by atoms with Crippen molar-refractivity contribution in [2.75, 3.05) is 13.2 Å². The summed E-state index contributed by atoms with van der Waals surface area (Å²) in [5.41, 5.74) is 1.73. The molecule has 1 aromatic heterocycles. The number of ether oxygens (including phenoxy) is 1. The molecule has 0 spiro atoms. The molecule has 1 aromatic carbocycles. The first-order chi connectivity index (χ1) is 10.6. The second-order valence-electron chi connectivity index (χ2n) is 4.91. The topological polar surface area (TPSA) is 98.1 Å². The quantitative estimate of drug-likeness (QED) is 0.750. The van der Waals surface area contributed by atoms with Crippen LogP contribution < -0.4 is 10.1 Å². The Morgan fingerprint density at radius 1 is 1.50 bits per heavy atom. The summed E-state index contributed by atoms with van der Waals surface area (Å²) in [4.78, 5) is 14.5. The van der Waals surface area contributed by atoms with Gasteiger partial charge in [-0.2, -0.15) is 5.26 Å². The van der Waals surface area contributed by atoms with Crippen LogP contribution in [0, 0.1) is 18.3 Å². The van der Waals surface area contributed by atoms with Crippen molar-refractivity contribution in [1.82, 2.24) is 10.3 Å². The van der Waals surface area contributed by atoms with E-state index in [2.05, 4.69) is 10.3 Å². The zero-order valence-corrected chi connectivity index (χ0v) is 12.2. The lowest BCUT2D eigenvalue weighted by atomic mass is 10.2. The van der Waals surface area contributed by atoms with Gasteiger partial charge in [0.15, 0.2) is 0 Å². The van der Waals surface area contributed by atoms with Crippen LogP contribution in [0.1, 0.15) is 21.6 Å². The predicted octanol–water partition coefficient (Wildman–Crippen LogP) is 1.36. The average molecular weight is 299 g/mol. The summed E-state index contributed by atoms with van der Waals surface area (Å²) in [6.45, 7) is 2.11. The molecule has 3 N–H and O–H groups in total. The van der Waals surface area contributed by atoms with Gasteiger partial charge in [-0.05, 0) is 30.7 Å². The molecule has 0 saturated heterocycles. The Morgan fingerprint density at radius 3 is 3.00 bits per heavy atom. The summed E-state index contributed by atoms with van der Waals surface area (Å²) >= 11 is 0. The van der Waals surface area contributed by atoms with E-state index in [0.717, 1.165) is 5.56 Å². The Morgan fingerprint density at radius 2 is 2.32 bits per heavy atom. The molecule has 0 bridgehead atoms. The highest BCUT2D eigenvalue weighted by Gasteiger charge is 2.11. The molecule has 1 atom stereocenters. The minimum Gasteiger partial charge on any atom is -0.491 e. The van der Waals surface area contributed by atoms with Gasteiger partial charge < -0.3 is 20.1 Å². The van der Waals surface area contributed by atoms with Gasteiger partial charge >= 0.3 is 0 Å². The van der Waals surface area contributed by atoms with Crippen LogP contribution in [-0.2, 0) is 0 Å². The number of hydrogen-bond donors (Lipinski definition) is 3. The number of rotatable bonds is 6. The Bertz CT molecular complexity index is 688. The third-order valence-corrected chi connectivity index (χ3v) is 3.00. The van der Waals surface area contributed by atoms with Crippen molar-refractivity contribution < 1.29 is 14.6 Å². The lowest BCUT2D eigenvalue weighted by Crippen LogP contribution is -2.35. The number of carbonyl (C=O) groups excluding carboxylic acids is 1. The first-order valence-electron chi connectivity index (χ1n) is 6.82. The first kappa shape index (κ1) is 15.6. The fourth-order valence-corrected chi connectivity index (χ4v) is 1.86. The number of nitrogens with zero attached hydrogens (tertiary/aromatic N) is 1. The van der Waals surface area contributed by atoms with Crippen LogP contribution in [0.4, 0.5) is 0 Å². The number of aromatic amines is 1. The molecule has 114 valence electrons. The molecule has 0 aliphatic carbocycles. The number of benzene rings is 1. The summed E-state index contributed by atoms with van der Waals surface area (Å²) in [6.07, 6.45) is 0.627. The van der Waals surface area contributed by atoms with Crippen molar-refractivity contribution >= 4 is 5.91 Å². The second-order valence-corrected chi connectivity index (χ2v) is 4.91. The number of aryl methyl sites for hydroxylation is 1. The van der Waals surface area contributed by atoms with E-state index in [1.165, 1.54) is 12.3 Å². The summed E-state index contributed by atoms with van der Waals surface area (Å²) < 4.78 is 5.46. The normalized spacial score (nSPS) is 11.5. The first-order valence-corrected chi connectivity index (χ1v) is 6.82. The molecule has 0 saturated carbocycles. The number of hydrogen-bond acceptors (Lipinski definition) is 4. The maximum absolute atomic E-state index is 11.8. The van der Waals surface area contributed by atoms with Gasteiger partial charge in [-0.15, -0.1) is 0 Å². The molecule has 1 heterocycles. The number of H-pyrrole nitrogens is 1. The minimum atomic E-state index is -0.821. The number of aliphatic hydroxyl groups excluding tert-OH is 1. The van der Waals surface area contributed by atoms with E-state index in [1.807, 2.05) is 37.3 Å². The van der Waals surface area contributed by atoms with Gasteiger partial charge in [0.1, 0.15) is 30.2 Å². The molecule has 1 amide bonds. The Kier molecular flexibility index (Phi) is 5.17. The van der Waals surface area contributed by atoms with E-state index in [4.69, 9.17) is 10.00 Å². The lowest BCUT2D eigenvalue weighted by Gasteiger charge is -2.13. The molecule has 22 heavy (non-hydrogen) atoms. The Labute approximate surface area is 128 Å². The Hall–Kier alpha value is -2.78. The monoisotopic (exact) mass is 299 g/mol. The van der Waals surface area contributed by atoms with Crippen LogP contribution in [0.15, 0.2) is 36.5 Å². The number of carbonyl (C=O) groups is 1. The number of aromatic nitrogens is 1. The van der Waals surface area contributed by atoms with E-state index < -0.39 is 6.10 Å². The molecular weight excluding hydrogens is 282 g/mol. The fourth-order valence-electron chi connectivity index (χ4n) is 1.86. The summed E-state index contributed by atoms with van der Waals surface area (Å²) in [5.74, 6) is 0.321.